The summed E-state index contributed by atoms with van der Waals surface area (Å²) in [7, 11) is 0. The normalized spacial score (nSPS) is 19.2. The van der Waals surface area contributed by atoms with E-state index in [9.17, 15) is 5.11 Å². The lowest BCUT2D eigenvalue weighted by molar-refractivity contribution is 0.102. The molecule has 0 radical (unpaired) electrons. The predicted molar refractivity (Wildman–Crippen MR) is 73.5 cm³/mol. The second-order valence-electron chi connectivity index (χ2n) is 5.17. The van der Waals surface area contributed by atoms with Crippen LogP contribution in [0.1, 0.15) is 30.9 Å². The summed E-state index contributed by atoms with van der Waals surface area (Å²) in [5.74, 6) is 0. The lowest BCUT2D eigenvalue weighted by Gasteiger charge is -2.28. The van der Waals surface area contributed by atoms with Crippen LogP contribution in [-0.4, -0.2) is 34.6 Å². The highest BCUT2D eigenvalue weighted by molar-refractivity contribution is 5.83. The van der Waals surface area contributed by atoms with Gasteiger partial charge in [0.15, 0.2) is 0 Å². The van der Waals surface area contributed by atoms with Gasteiger partial charge in [0.2, 0.25) is 0 Å². The number of rotatable bonds is 3. The lowest BCUT2D eigenvalue weighted by Crippen LogP contribution is -2.33. The number of β-amino-alcohol motifs (C(OH)–C–C–N with tert-alkyl or cyclic N) is 1. The number of H-pyrrole nitrogens is 1. The Morgan fingerprint density at radius 1 is 1.17 bits per heavy atom. The first kappa shape index (κ1) is 11.8. The second kappa shape index (κ2) is 5.12. The van der Waals surface area contributed by atoms with E-state index in [2.05, 4.69) is 16.0 Å². The van der Waals surface area contributed by atoms with Crippen LogP contribution in [0.25, 0.3) is 10.9 Å². The van der Waals surface area contributed by atoms with Gasteiger partial charge in [-0.25, -0.2) is 0 Å². The monoisotopic (exact) mass is 244 g/mol. The van der Waals surface area contributed by atoms with Crippen molar-refractivity contribution in [2.75, 3.05) is 19.6 Å². The number of fused-ring (bicyclic) bond motifs is 1. The molecule has 1 saturated heterocycles. The quantitative estimate of drug-likeness (QED) is 0.871. The zero-order chi connectivity index (χ0) is 12.4. The predicted octanol–water partition coefficient (Wildman–Crippen LogP) is 2.69. The first-order valence-electron chi connectivity index (χ1n) is 6.81. The number of benzene rings is 1. The minimum atomic E-state index is -0.390. The number of nitrogens with zero attached hydrogens (tertiary/aromatic N) is 1. The molecule has 1 aliphatic heterocycles. The van der Waals surface area contributed by atoms with E-state index in [0.29, 0.717) is 0 Å². The van der Waals surface area contributed by atoms with E-state index in [0.717, 1.165) is 36.1 Å². The molecule has 1 aromatic carbocycles. The van der Waals surface area contributed by atoms with Crippen molar-refractivity contribution >= 4 is 10.9 Å². The second-order valence-corrected chi connectivity index (χ2v) is 5.17. The van der Waals surface area contributed by atoms with E-state index in [-0.39, 0.29) is 6.10 Å². The van der Waals surface area contributed by atoms with Crippen LogP contribution >= 0.6 is 0 Å². The molecular formula is C15H20N2O. The zero-order valence-corrected chi connectivity index (χ0v) is 10.6. The van der Waals surface area contributed by atoms with Gasteiger partial charge in [0.1, 0.15) is 0 Å². The minimum Gasteiger partial charge on any atom is -0.387 e. The van der Waals surface area contributed by atoms with Crippen molar-refractivity contribution < 1.29 is 5.11 Å². The van der Waals surface area contributed by atoms with Gasteiger partial charge >= 0.3 is 0 Å². The van der Waals surface area contributed by atoms with Crippen molar-refractivity contribution in [2.45, 2.75) is 25.4 Å². The molecule has 1 aromatic heterocycles. The molecule has 1 fully saturated rings. The van der Waals surface area contributed by atoms with Gasteiger partial charge in [-0.15, -0.1) is 0 Å². The number of aliphatic hydroxyl groups excluding tert-OH is 1. The maximum absolute atomic E-state index is 10.4. The van der Waals surface area contributed by atoms with E-state index in [4.69, 9.17) is 0 Å². The van der Waals surface area contributed by atoms with Crippen LogP contribution in [-0.2, 0) is 0 Å². The summed E-state index contributed by atoms with van der Waals surface area (Å²) in [6.45, 7) is 3.00. The first-order valence-corrected chi connectivity index (χ1v) is 6.81. The number of para-hydroxylation sites is 1. The molecule has 96 valence electrons. The average Bonchev–Trinajstić information content (AvgIpc) is 2.84. The van der Waals surface area contributed by atoms with E-state index < -0.39 is 0 Å². The van der Waals surface area contributed by atoms with E-state index in [1.807, 2.05) is 24.4 Å². The number of aromatic nitrogens is 1. The molecule has 3 nitrogen and oxygen atoms in total. The Labute approximate surface area is 107 Å². The summed E-state index contributed by atoms with van der Waals surface area (Å²) in [6.07, 6.45) is 5.42. The molecule has 0 amide bonds. The Kier molecular flexibility index (Phi) is 3.35. The van der Waals surface area contributed by atoms with Crippen LogP contribution in [0.15, 0.2) is 30.5 Å². The Bertz CT molecular complexity index is 514. The molecule has 2 heterocycles. The van der Waals surface area contributed by atoms with Gasteiger partial charge in [0.25, 0.3) is 0 Å². The largest absolute Gasteiger partial charge is 0.387 e. The number of piperidine rings is 1. The minimum absolute atomic E-state index is 0.390. The average molecular weight is 244 g/mol. The van der Waals surface area contributed by atoms with Crippen LogP contribution in [0.4, 0.5) is 0 Å². The van der Waals surface area contributed by atoms with E-state index in [1.165, 1.54) is 19.3 Å². The van der Waals surface area contributed by atoms with Crippen LogP contribution in [0.5, 0.6) is 0 Å². The van der Waals surface area contributed by atoms with Gasteiger partial charge in [-0.3, -0.25) is 0 Å². The fourth-order valence-electron chi connectivity index (χ4n) is 2.85. The maximum atomic E-state index is 10.4. The summed E-state index contributed by atoms with van der Waals surface area (Å²) in [6, 6.07) is 8.15. The van der Waals surface area contributed by atoms with Gasteiger partial charge in [-0.05, 0) is 32.0 Å². The number of aliphatic hydroxyl groups is 1. The highest BCUT2D eigenvalue weighted by Crippen LogP contribution is 2.25. The molecule has 0 bridgehead atoms. The topological polar surface area (TPSA) is 39.3 Å². The van der Waals surface area contributed by atoms with Crippen molar-refractivity contribution in [1.29, 1.82) is 0 Å². The van der Waals surface area contributed by atoms with Crippen LogP contribution in [0.3, 0.4) is 0 Å². The third kappa shape index (κ3) is 2.28. The van der Waals surface area contributed by atoms with Gasteiger partial charge in [-0.2, -0.15) is 0 Å². The third-order valence-electron chi connectivity index (χ3n) is 3.86. The Morgan fingerprint density at radius 2 is 1.94 bits per heavy atom. The molecule has 2 aromatic rings. The molecule has 18 heavy (non-hydrogen) atoms. The molecule has 0 spiro atoms. The first-order chi connectivity index (χ1) is 8.84. The van der Waals surface area contributed by atoms with E-state index in [1.54, 1.807) is 0 Å². The van der Waals surface area contributed by atoms with Crippen molar-refractivity contribution in [2.24, 2.45) is 0 Å². The smallest absolute Gasteiger partial charge is 0.0937 e. The van der Waals surface area contributed by atoms with Crippen molar-refractivity contribution in [1.82, 2.24) is 9.88 Å². The van der Waals surface area contributed by atoms with Gasteiger partial charge < -0.3 is 15.0 Å². The van der Waals surface area contributed by atoms with E-state index >= 15 is 0 Å². The molecule has 3 heteroatoms. The SMILES string of the molecule is O[C@@H](CN1CCCCC1)c1c[nH]c2ccccc12. The summed E-state index contributed by atoms with van der Waals surface area (Å²) in [5.41, 5.74) is 2.13. The van der Waals surface area contributed by atoms with Crippen LogP contribution in [0, 0.1) is 0 Å². The van der Waals surface area contributed by atoms with Gasteiger partial charge in [0, 0.05) is 29.2 Å². The highest BCUT2D eigenvalue weighted by Gasteiger charge is 2.18. The van der Waals surface area contributed by atoms with Crippen molar-refractivity contribution in [3.63, 3.8) is 0 Å². The summed E-state index contributed by atoms with van der Waals surface area (Å²) in [5, 5.41) is 11.5. The Balaban J connectivity index is 1.76. The highest BCUT2D eigenvalue weighted by atomic mass is 16.3. The fraction of sp³-hybridized carbons (Fsp3) is 0.467. The maximum Gasteiger partial charge on any atom is 0.0937 e. The van der Waals surface area contributed by atoms with Gasteiger partial charge in [0.05, 0.1) is 6.10 Å². The number of hydrogen-bond acceptors (Lipinski definition) is 2. The molecule has 0 unspecified atom stereocenters. The molecule has 1 aliphatic rings. The molecule has 3 rings (SSSR count). The summed E-state index contributed by atoms with van der Waals surface area (Å²) in [4.78, 5) is 5.60. The molecule has 0 aliphatic carbocycles. The van der Waals surface area contributed by atoms with Crippen LogP contribution in [0.2, 0.25) is 0 Å². The summed E-state index contributed by atoms with van der Waals surface area (Å²) < 4.78 is 0. The standard InChI is InChI=1S/C15H20N2O/c18-15(11-17-8-4-1-5-9-17)13-10-16-14-7-3-2-6-12(13)14/h2-3,6-7,10,15-16,18H,1,4-5,8-9,11H2/t15-/m0/s1. The number of hydrogen-bond donors (Lipinski definition) is 2. The number of aromatic amines is 1. The molecule has 2 N–H and O–H groups in total. The summed E-state index contributed by atoms with van der Waals surface area (Å²) >= 11 is 0. The Morgan fingerprint density at radius 3 is 2.78 bits per heavy atom. The van der Waals surface area contributed by atoms with Crippen LogP contribution < -0.4 is 0 Å². The zero-order valence-electron chi connectivity index (χ0n) is 10.6. The van der Waals surface area contributed by atoms with Crippen molar-refractivity contribution in [3.8, 4) is 0 Å². The van der Waals surface area contributed by atoms with Gasteiger partial charge in [-0.1, -0.05) is 24.6 Å². The molecular weight excluding hydrogens is 224 g/mol. The lowest BCUT2D eigenvalue weighted by atomic mass is 10.1. The molecule has 1 atom stereocenters. The number of nitrogens with one attached hydrogen (secondary N) is 1. The third-order valence-corrected chi connectivity index (χ3v) is 3.86. The fourth-order valence-corrected chi connectivity index (χ4v) is 2.85. The molecule has 0 saturated carbocycles. The number of likely N-dealkylation sites (tertiary alicyclic amines) is 1. The van der Waals surface area contributed by atoms with Crippen molar-refractivity contribution in [3.05, 3.63) is 36.0 Å². The Hall–Kier alpha value is -1.32.